The molecular formula is C11H20O2S. The molecule has 0 aromatic carbocycles. The van der Waals surface area contributed by atoms with Crippen LogP contribution >= 0.6 is 0 Å². The van der Waals surface area contributed by atoms with Crippen LogP contribution in [0.1, 0.15) is 46.0 Å². The monoisotopic (exact) mass is 216 g/mol. The molecule has 0 saturated heterocycles. The van der Waals surface area contributed by atoms with E-state index in [4.69, 9.17) is 0 Å². The van der Waals surface area contributed by atoms with E-state index in [1.165, 1.54) is 0 Å². The first-order valence-electron chi connectivity index (χ1n) is 5.56. The molecule has 1 rings (SSSR count). The summed E-state index contributed by atoms with van der Waals surface area (Å²) < 4.78 is 11.8. The summed E-state index contributed by atoms with van der Waals surface area (Å²) in [5.74, 6) is 1.13. The summed E-state index contributed by atoms with van der Waals surface area (Å²) in [5.41, 5.74) is 0. The van der Waals surface area contributed by atoms with Gasteiger partial charge in [0, 0.05) is 34.1 Å². The molecule has 1 saturated carbocycles. The number of carbonyl (C=O) groups is 1. The van der Waals surface area contributed by atoms with E-state index in [2.05, 4.69) is 6.92 Å². The summed E-state index contributed by atoms with van der Waals surface area (Å²) in [6, 6.07) is 0. The molecule has 3 unspecified atom stereocenters. The zero-order chi connectivity index (χ0) is 10.6. The first-order chi connectivity index (χ1) is 6.66. The van der Waals surface area contributed by atoms with Gasteiger partial charge in [-0.1, -0.05) is 26.7 Å². The van der Waals surface area contributed by atoms with Crippen LogP contribution in [0.5, 0.6) is 0 Å². The molecule has 0 aromatic heterocycles. The van der Waals surface area contributed by atoms with Crippen molar-refractivity contribution in [1.29, 1.82) is 0 Å². The SMILES string of the molecule is CCCCCS(=O)C1CCC(=O)C1C. The van der Waals surface area contributed by atoms with Crippen molar-refractivity contribution < 1.29 is 9.00 Å². The Morgan fingerprint density at radius 2 is 2.14 bits per heavy atom. The third-order valence-corrected chi connectivity index (χ3v) is 5.04. The molecule has 3 atom stereocenters. The second kappa shape index (κ2) is 5.64. The van der Waals surface area contributed by atoms with Crippen molar-refractivity contribution in [2.75, 3.05) is 5.75 Å². The number of carbonyl (C=O) groups excluding carboxylic acids is 1. The summed E-state index contributed by atoms with van der Waals surface area (Å²) >= 11 is 0. The van der Waals surface area contributed by atoms with Crippen LogP contribution < -0.4 is 0 Å². The van der Waals surface area contributed by atoms with Crippen molar-refractivity contribution in [3.05, 3.63) is 0 Å². The summed E-state index contributed by atoms with van der Waals surface area (Å²) in [4.78, 5) is 11.3. The van der Waals surface area contributed by atoms with Crippen LogP contribution in [0, 0.1) is 5.92 Å². The lowest BCUT2D eigenvalue weighted by Crippen LogP contribution is -2.23. The lowest BCUT2D eigenvalue weighted by Gasteiger charge is -2.13. The Labute approximate surface area is 88.9 Å². The van der Waals surface area contributed by atoms with Gasteiger partial charge in [-0.15, -0.1) is 0 Å². The molecule has 0 aromatic rings. The van der Waals surface area contributed by atoms with Crippen LogP contribution in [-0.4, -0.2) is 21.0 Å². The van der Waals surface area contributed by atoms with Gasteiger partial charge in [0.15, 0.2) is 0 Å². The largest absolute Gasteiger partial charge is 0.299 e. The Bertz CT molecular complexity index is 225. The number of unbranched alkanes of at least 4 members (excludes halogenated alkanes) is 2. The maximum Gasteiger partial charge on any atom is 0.136 e. The van der Waals surface area contributed by atoms with E-state index < -0.39 is 10.8 Å². The topological polar surface area (TPSA) is 34.1 Å². The van der Waals surface area contributed by atoms with Gasteiger partial charge in [0.1, 0.15) is 5.78 Å². The van der Waals surface area contributed by atoms with Gasteiger partial charge >= 0.3 is 0 Å². The molecule has 0 N–H and O–H groups in total. The zero-order valence-electron chi connectivity index (χ0n) is 9.12. The molecule has 1 aliphatic rings. The van der Waals surface area contributed by atoms with Crippen LogP contribution in [0.25, 0.3) is 0 Å². The molecule has 2 nitrogen and oxygen atoms in total. The Morgan fingerprint density at radius 3 is 2.64 bits per heavy atom. The highest BCUT2D eigenvalue weighted by atomic mass is 32.2. The Hall–Kier alpha value is -0.180. The minimum absolute atomic E-state index is 0.0393. The van der Waals surface area contributed by atoms with E-state index in [9.17, 15) is 9.00 Å². The smallest absolute Gasteiger partial charge is 0.136 e. The Morgan fingerprint density at radius 1 is 1.43 bits per heavy atom. The number of rotatable bonds is 5. The predicted octanol–water partition coefficient (Wildman–Crippen LogP) is 2.29. The molecular weight excluding hydrogens is 196 g/mol. The van der Waals surface area contributed by atoms with E-state index in [0.717, 1.165) is 31.4 Å². The average Bonchev–Trinajstić information content (AvgIpc) is 2.48. The fourth-order valence-electron chi connectivity index (χ4n) is 1.97. The normalized spacial score (nSPS) is 29.4. The molecule has 0 spiro atoms. The molecule has 0 heterocycles. The number of hydrogen-bond donors (Lipinski definition) is 0. The van der Waals surface area contributed by atoms with Gasteiger partial charge in [0.2, 0.25) is 0 Å². The standard InChI is InChI=1S/C11H20O2S/c1-3-4-5-8-14(13)11-7-6-10(12)9(11)2/h9,11H,3-8H2,1-2H3. The second-order valence-electron chi connectivity index (χ2n) is 4.12. The summed E-state index contributed by atoms with van der Waals surface area (Å²) in [6.07, 6.45) is 4.85. The van der Waals surface area contributed by atoms with Crippen molar-refractivity contribution in [3.63, 3.8) is 0 Å². The molecule has 1 fully saturated rings. The van der Waals surface area contributed by atoms with E-state index in [-0.39, 0.29) is 11.2 Å². The van der Waals surface area contributed by atoms with Gasteiger partial charge in [-0.2, -0.15) is 0 Å². The van der Waals surface area contributed by atoms with Gasteiger partial charge in [-0.05, 0) is 12.8 Å². The van der Waals surface area contributed by atoms with E-state index in [1.807, 2.05) is 6.92 Å². The first kappa shape index (κ1) is 11.9. The molecule has 0 amide bonds. The third-order valence-electron chi connectivity index (χ3n) is 3.03. The highest BCUT2D eigenvalue weighted by molar-refractivity contribution is 7.85. The number of Topliss-reactive ketones (excluding diaryl/α,β-unsaturated/α-hetero) is 1. The lowest BCUT2D eigenvalue weighted by atomic mass is 10.1. The van der Waals surface area contributed by atoms with Gasteiger partial charge in [-0.3, -0.25) is 9.00 Å². The Balaban J connectivity index is 2.34. The fraction of sp³-hybridized carbons (Fsp3) is 0.909. The number of hydrogen-bond acceptors (Lipinski definition) is 2. The van der Waals surface area contributed by atoms with Crippen molar-refractivity contribution in [3.8, 4) is 0 Å². The molecule has 0 radical (unpaired) electrons. The molecule has 82 valence electrons. The second-order valence-corrected chi connectivity index (χ2v) is 5.90. The minimum atomic E-state index is -0.768. The first-order valence-corrected chi connectivity index (χ1v) is 6.95. The van der Waals surface area contributed by atoms with Gasteiger partial charge in [-0.25, -0.2) is 0 Å². The quantitative estimate of drug-likeness (QED) is 0.661. The third kappa shape index (κ3) is 2.91. The summed E-state index contributed by atoms with van der Waals surface area (Å²) in [7, 11) is -0.768. The van der Waals surface area contributed by atoms with Crippen LogP contribution in [0.15, 0.2) is 0 Å². The van der Waals surface area contributed by atoms with Crippen LogP contribution in [0.2, 0.25) is 0 Å². The van der Waals surface area contributed by atoms with E-state index >= 15 is 0 Å². The maximum atomic E-state index is 11.8. The molecule has 0 aliphatic heterocycles. The van der Waals surface area contributed by atoms with E-state index in [1.54, 1.807) is 0 Å². The highest BCUT2D eigenvalue weighted by Gasteiger charge is 2.34. The van der Waals surface area contributed by atoms with Crippen molar-refractivity contribution in [1.82, 2.24) is 0 Å². The van der Waals surface area contributed by atoms with Gasteiger partial charge in [0.25, 0.3) is 0 Å². The minimum Gasteiger partial charge on any atom is -0.299 e. The Kier molecular flexibility index (Phi) is 4.79. The van der Waals surface area contributed by atoms with Gasteiger partial charge < -0.3 is 0 Å². The molecule has 3 heteroatoms. The summed E-state index contributed by atoms with van der Waals surface area (Å²) in [6.45, 7) is 4.07. The van der Waals surface area contributed by atoms with Gasteiger partial charge in [0.05, 0.1) is 0 Å². The zero-order valence-corrected chi connectivity index (χ0v) is 9.94. The molecule has 14 heavy (non-hydrogen) atoms. The fourth-order valence-corrected chi connectivity index (χ4v) is 3.75. The predicted molar refractivity (Wildman–Crippen MR) is 59.7 cm³/mol. The maximum absolute atomic E-state index is 11.8. The summed E-state index contributed by atoms with van der Waals surface area (Å²) in [5, 5.41) is 0.152. The van der Waals surface area contributed by atoms with Crippen molar-refractivity contribution in [2.24, 2.45) is 5.92 Å². The van der Waals surface area contributed by atoms with Crippen LogP contribution in [0.3, 0.4) is 0 Å². The van der Waals surface area contributed by atoms with Crippen LogP contribution in [0.4, 0.5) is 0 Å². The van der Waals surface area contributed by atoms with Crippen molar-refractivity contribution >= 4 is 16.6 Å². The lowest BCUT2D eigenvalue weighted by molar-refractivity contribution is -0.120. The highest BCUT2D eigenvalue weighted by Crippen LogP contribution is 2.26. The van der Waals surface area contributed by atoms with Crippen molar-refractivity contribution in [2.45, 2.75) is 51.2 Å². The van der Waals surface area contributed by atoms with E-state index in [0.29, 0.717) is 12.2 Å². The number of ketones is 1. The molecule has 1 aliphatic carbocycles. The molecule has 0 bridgehead atoms. The van der Waals surface area contributed by atoms with Crippen LogP contribution in [-0.2, 0) is 15.6 Å². The average molecular weight is 216 g/mol.